The molecule has 0 aromatic rings. The van der Waals surface area contributed by atoms with Crippen LogP contribution in [-0.4, -0.2) is 23.1 Å². The van der Waals surface area contributed by atoms with Gasteiger partial charge in [-0.25, -0.2) is 0 Å². The molecule has 0 bridgehead atoms. The van der Waals surface area contributed by atoms with Crippen molar-refractivity contribution in [2.45, 2.75) is 6.92 Å². The van der Waals surface area contributed by atoms with E-state index in [4.69, 9.17) is 9.79 Å². The van der Waals surface area contributed by atoms with Crippen molar-refractivity contribution in [3.8, 4) is 0 Å². The van der Waals surface area contributed by atoms with Crippen LogP contribution in [0.5, 0.6) is 0 Å². The van der Waals surface area contributed by atoms with Crippen LogP contribution in [0.3, 0.4) is 0 Å². The van der Waals surface area contributed by atoms with Crippen LogP contribution in [-0.2, 0) is 4.52 Å². The molecule has 3 nitrogen and oxygen atoms in total. The molecule has 4 heteroatoms. The van der Waals surface area contributed by atoms with Gasteiger partial charge in [0.15, 0.2) is 0 Å². The predicted molar refractivity (Wildman–Crippen MR) is 30.3 cm³/mol. The molecule has 2 N–H and O–H groups in total. The number of hydrogen-bond donors (Lipinski definition) is 2. The van der Waals surface area contributed by atoms with Crippen LogP contribution in [0, 0.1) is 0 Å². The van der Waals surface area contributed by atoms with E-state index in [1.807, 2.05) is 0 Å². The third-order valence-electron chi connectivity index (χ3n) is 0.418. The van der Waals surface area contributed by atoms with Crippen LogP contribution >= 0.6 is 7.94 Å². The molecule has 0 aliphatic rings. The van der Waals surface area contributed by atoms with Gasteiger partial charge in [0.1, 0.15) is 0 Å². The molecule has 0 aromatic heterocycles. The standard InChI is InChI=1S/C3H11O3P/c1-3-6-7(2,4)5/h4-5,7H,3H2,1-2H3. The van der Waals surface area contributed by atoms with Gasteiger partial charge in [-0.3, -0.25) is 0 Å². The Morgan fingerprint density at radius 3 is 2.00 bits per heavy atom. The molecular formula is C3H11O3P. The molecular weight excluding hydrogens is 115 g/mol. The van der Waals surface area contributed by atoms with Crippen LogP contribution in [0.1, 0.15) is 6.92 Å². The molecule has 46 valence electrons. The Labute approximate surface area is 43.5 Å². The second kappa shape index (κ2) is 2.58. The van der Waals surface area contributed by atoms with Crippen molar-refractivity contribution < 1.29 is 14.3 Å². The maximum absolute atomic E-state index is 8.49. The summed E-state index contributed by atoms with van der Waals surface area (Å²) in [5.41, 5.74) is 0. The van der Waals surface area contributed by atoms with Crippen LogP contribution in [0.4, 0.5) is 0 Å². The van der Waals surface area contributed by atoms with Gasteiger partial charge in [-0.1, -0.05) is 0 Å². The molecule has 0 saturated carbocycles. The minimum atomic E-state index is -3.16. The quantitative estimate of drug-likeness (QED) is 0.517. The summed E-state index contributed by atoms with van der Waals surface area (Å²) in [5.74, 6) is 0. The van der Waals surface area contributed by atoms with Crippen LogP contribution in [0.2, 0.25) is 0 Å². The van der Waals surface area contributed by atoms with Gasteiger partial charge in [0.2, 0.25) is 0 Å². The fraction of sp³-hybridized carbons (Fsp3) is 1.00. The molecule has 0 saturated heterocycles. The molecule has 0 spiro atoms. The van der Waals surface area contributed by atoms with Gasteiger partial charge in [0, 0.05) is 0 Å². The molecule has 0 fully saturated rings. The van der Waals surface area contributed by atoms with E-state index in [9.17, 15) is 0 Å². The van der Waals surface area contributed by atoms with Crippen molar-refractivity contribution in [3.63, 3.8) is 0 Å². The first-order valence-corrected chi connectivity index (χ1v) is 4.45. The summed E-state index contributed by atoms with van der Waals surface area (Å²) in [6.45, 7) is 3.39. The van der Waals surface area contributed by atoms with E-state index in [0.29, 0.717) is 6.61 Å². The fourth-order valence-electron chi connectivity index (χ4n) is 0.273. The number of hydrogen-bond acceptors (Lipinski definition) is 3. The summed E-state index contributed by atoms with van der Waals surface area (Å²) >= 11 is 0. The predicted octanol–water partition coefficient (Wildman–Crippen LogP) is 0.132. The zero-order valence-electron chi connectivity index (χ0n) is 4.51. The zero-order valence-corrected chi connectivity index (χ0v) is 5.51. The van der Waals surface area contributed by atoms with Crippen molar-refractivity contribution in [1.82, 2.24) is 0 Å². The summed E-state index contributed by atoms with van der Waals surface area (Å²) in [7, 11) is -3.16. The van der Waals surface area contributed by atoms with E-state index in [0.717, 1.165) is 0 Å². The fourth-order valence-corrected chi connectivity index (χ4v) is 0.820. The molecule has 0 amide bonds. The van der Waals surface area contributed by atoms with Gasteiger partial charge in [0.05, 0.1) is 0 Å². The first kappa shape index (κ1) is 7.31. The van der Waals surface area contributed by atoms with Crippen LogP contribution < -0.4 is 0 Å². The average molecular weight is 126 g/mol. The van der Waals surface area contributed by atoms with E-state index in [2.05, 4.69) is 4.52 Å². The normalized spacial score (nSPS) is 14.3. The average Bonchev–Trinajstić information content (AvgIpc) is 1.30. The van der Waals surface area contributed by atoms with E-state index < -0.39 is 7.94 Å². The molecule has 0 heterocycles. The van der Waals surface area contributed by atoms with Crippen LogP contribution in [0.25, 0.3) is 0 Å². The monoisotopic (exact) mass is 126 g/mol. The Kier molecular flexibility index (Phi) is 2.69. The minimum absolute atomic E-state index is 0.371. The Bertz CT molecular complexity index is 48.6. The van der Waals surface area contributed by atoms with Crippen molar-refractivity contribution in [1.29, 1.82) is 0 Å². The van der Waals surface area contributed by atoms with Gasteiger partial charge in [-0.05, 0) is 0 Å². The molecule has 0 aliphatic heterocycles. The first-order chi connectivity index (χ1) is 3.06. The molecule has 0 aromatic carbocycles. The first-order valence-electron chi connectivity index (χ1n) is 2.15. The van der Waals surface area contributed by atoms with Gasteiger partial charge in [0.25, 0.3) is 0 Å². The Morgan fingerprint density at radius 1 is 1.57 bits per heavy atom. The summed E-state index contributed by atoms with van der Waals surface area (Å²) < 4.78 is 4.48. The van der Waals surface area contributed by atoms with Crippen LogP contribution in [0.15, 0.2) is 0 Å². The second-order valence-corrected chi connectivity index (χ2v) is 3.52. The third-order valence-corrected chi connectivity index (χ3v) is 1.25. The molecule has 0 atom stereocenters. The third kappa shape index (κ3) is 6.31. The Hall–Kier alpha value is 0.310. The summed E-state index contributed by atoms with van der Waals surface area (Å²) in [6, 6.07) is 0. The summed E-state index contributed by atoms with van der Waals surface area (Å²) in [5, 5.41) is 0. The van der Waals surface area contributed by atoms with Gasteiger partial charge < -0.3 is 0 Å². The Balaban J connectivity index is 3.15. The zero-order chi connectivity index (χ0) is 5.91. The van der Waals surface area contributed by atoms with Gasteiger partial charge >= 0.3 is 42.4 Å². The summed E-state index contributed by atoms with van der Waals surface area (Å²) in [6.07, 6.45) is 0. The van der Waals surface area contributed by atoms with Gasteiger partial charge in [-0.15, -0.1) is 0 Å². The van der Waals surface area contributed by atoms with E-state index in [-0.39, 0.29) is 0 Å². The topological polar surface area (TPSA) is 49.7 Å². The molecule has 0 radical (unpaired) electrons. The van der Waals surface area contributed by atoms with E-state index in [1.165, 1.54) is 6.66 Å². The van der Waals surface area contributed by atoms with Crippen molar-refractivity contribution >= 4 is 7.94 Å². The molecule has 0 aliphatic carbocycles. The maximum atomic E-state index is 8.49. The van der Waals surface area contributed by atoms with Crippen molar-refractivity contribution in [3.05, 3.63) is 0 Å². The molecule has 0 unspecified atom stereocenters. The molecule has 0 rings (SSSR count). The molecule has 7 heavy (non-hydrogen) atoms. The van der Waals surface area contributed by atoms with E-state index in [1.54, 1.807) is 6.92 Å². The van der Waals surface area contributed by atoms with Gasteiger partial charge in [-0.2, -0.15) is 0 Å². The summed E-state index contributed by atoms with van der Waals surface area (Å²) in [4.78, 5) is 17.0. The Morgan fingerprint density at radius 2 is 2.00 bits per heavy atom. The SMILES string of the molecule is CCO[PH](C)(O)O. The van der Waals surface area contributed by atoms with Crippen molar-refractivity contribution in [2.24, 2.45) is 0 Å². The number of rotatable bonds is 2. The second-order valence-electron chi connectivity index (χ2n) is 1.37. The van der Waals surface area contributed by atoms with E-state index >= 15 is 0 Å². The van der Waals surface area contributed by atoms with Crippen molar-refractivity contribution in [2.75, 3.05) is 13.3 Å².